The summed E-state index contributed by atoms with van der Waals surface area (Å²) in [7, 11) is 0. The van der Waals surface area contributed by atoms with E-state index in [1.54, 1.807) is 0 Å². The second kappa shape index (κ2) is 42.1. The van der Waals surface area contributed by atoms with Gasteiger partial charge >= 0.3 is 43.4 Å². The second-order valence-corrected chi connectivity index (χ2v) is 10.6. The summed E-state index contributed by atoms with van der Waals surface area (Å²) in [6.45, 7) is 14.7. The molecule has 248 valence electrons. The van der Waals surface area contributed by atoms with Crippen LogP contribution in [0.2, 0.25) is 0 Å². The van der Waals surface area contributed by atoms with Crippen LogP contribution >= 0.6 is 0 Å². The first-order chi connectivity index (χ1) is 19.0. The molecule has 0 aliphatic carbocycles. The van der Waals surface area contributed by atoms with Crippen LogP contribution in [0.1, 0.15) is 132 Å². The summed E-state index contributed by atoms with van der Waals surface area (Å²) in [5.41, 5.74) is 0. The van der Waals surface area contributed by atoms with Crippen LogP contribution in [0.25, 0.3) is 0 Å². The topological polar surface area (TPSA) is 184 Å². The number of rotatable bonds is 20. The number of hydrogen-bond acceptors (Lipinski definition) is 8. The molecule has 0 saturated carbocycles. The summed E-state index contributed by atoms with van der Waals surface area (Å²) in [4.78, 5) is 0. The molecule has 0 aliphatic rings. The van der Waals surface area contributed by atoms with Crippen LogP contribution in [-0.2, 0) is 43.4 Å². The number of hydrogen-bond donors (Lipinski definition) is 0. The first kappa shape index (κ1) is 55.5. The molecule has 0 aromatic heterocycles. The molecule has 0 aromatic carbocycles. The summed E-state index contributed by atoms with van der Waals surface area (Å²) in [5, 5.41) is 85.9. The fourth-order valence-electron chi connectivity index (χ4n) is 4.03. The van der Waals surface area contributed by atoms with Crippen molar-refractivity contribution >= 4 is 0 Å². The Morgan fingerprint density at radius 2 is 0.476 bits per heavy atom. The zero-order valence-corrected chi connectivity index (χ0v) is 31.3. The Hall–Kier alpha value is 1.11. The summed E-state index contributed by atoms with van der Waals surface area (Å²) >= 11 is 0. The third-order valence-electron chi connectivity index (χ3n) is 7.35. The zero-order chi connectivity index (χ0) is 31.9. The molecule has 0 aliphatic heterocycles. The Balaban J connectivity index is -0.000000101. The molecule has 0 saturated heterocycles. The minimum absolute atomic E-state index is 0. The van der Waals surface area contributed by atoms with E-state index in [1.165, 1.54) is 0 Å². The van der Waals surface area contributed by atoms with Gasteiger partial charge in [-0.3, -0.25) is 0 Å². The molecule has 0 amide bonds. The van der Waals surface area contributed by atoms with E-state index < -0.39 is 24.4 Å². The van der Waals surface area contributed by atoms with Crippen molar-refractivity contribution < 1.29 is 84.3 Å². The fraction of sp³-hybridized carbons (Fsp3) is 1.00. The third-order valence-corrected chi connectivity index (χ3v) is 7.35. The van der Waals surface area contributed by atoms with Crippen molar-refractivity contribution in [3.8, 4) is 0 Å². The van der Waals surface area contributed by atoms with Gasteiger partial charge in [0.1, 0.15) is 0 Å². The molecule has 0 fully saturated rings. The van der Waals surface area contributed by atoms with Crippen molar-refractivity contribution in [3.63, 3.8) is 0 Å². The molecule has 0 heterocycles. The van der Waals surface area contributed by atoms with Gasteiger partial charge in [0.05, 0.1) is 0 Å². The van der Waals surface area contributed by atoms with Gasteiger partial charge in [-0.2, -0.15) is 0 Å². The Morgan fingerprint density at radius 3 is 0.548 bits per heavy atom. The van der Waals surface area contributed by atoms with Gasteiger partial charge in [0.15, 0.2) is 0 Å². The largest absolute Gasteiger partial charge is 4.00 e. The van der Waals surface area contributed by atoms with Crippen molar-refractivity contribution in [2.45, 2.75) is 157 Å². The molecule has 8 atom stereocenters. The van der Waals surface area contributed by atoms with Crippen LogP contribution in [0.15, 0.2) is 0 Å². The van der Waals surface area contributed by atoms with E-state index in [0.29, 0.717) is 25.7 Å². The molecule has 42 heavy (non-hydrogen) atoms. The molecule has 0 radical (unpaired) electrons. The predicted octanol–water partition coefficient (Wildman–Crippen LogP) is -0.397. The van der Waals surface area contributed by atoms with E-state index in [9.17, 15) is 40.9 Å². The second-order valence-electron chi connectivity index (χ2n) is 10.6. The quantitative estimate of drug-likeness (QED) is 0.157. The molecule has 8 unspecified atom stereocenters. The van der Waals surface area contributed by atoms with E-state index in [4.69, 9.17) is 0 Å². The van der Waals surface area contributed by atoms with Gasteiger partial charge in [0.2, 0.25) is 0 Å². The minimum atomic E-state index is -0.618. The van der Waals surface area contributed by atoms with Gasteiger partial charge in [-0.1, -0.05) is 156 Å². The summed E-state index contributed by atoms with van der Waals surface area (Å²) < 4.78 is 0. The normalized spacial score (nSPS) is 16.0. The van der Waals surface area contributed by atoms with Gasteiger partial charge in [-0.25, -0.2) is 0 Å². The SMILES string of the molecule is CCCC([O-])C(CC)C[O-].CCCC([O-])C(CC)C[O-].CCCC([O-])C(CC)C[O-].CCCC([O-])C(CC)C[O-].[Ti+4].[Ti+4]. The first-order valence-corrected chi connectivity index (χ1v) is 16.0. The maximum atomic E-state index is 11.1. The van der Waals surface area contributed by atoms with Gasteiger partial charge in [-0.05, 0) is 0 Å². The smallest absolute Gasteiger partial charge is 0.854 e. The average Bonchev–Trinajstić information content (AvgIpc) is 2.93. The fourth-order valence-corrected chi connectivity index (χ4v) is 4.03. The van der Waals surface area contributed by atoms with E-state index >= 15 is 0 Å². The standard InChI is InChI=1S/4C8H16O2.2Ti/c4*1-3-5-8(10)7(4-2)6-9;;/h4*7-8H,3-6H2,1-2H3;;/q4*-2;2*+4. The molecule has 0 bridgehead atoms. The Kier molecular flexibility index (Phi) is 55.7. The van der Waals surface area contributed by atoms with Crippen LogP contribution in [0.3, 0.4) is 0 Å². The molecular formula is C32H64O8Ti2. The third kappa shape index (κ3) is 32.5. The summed E-state index contributed by atoms with van der Waals surface area (Å²) in [6, 6.07) is 0. The van der Waals surface area contributed by atoms with E-state index in [2.05, 4.69) is 0 Å². The summed E-state index contributed by atoms with van der Waals surface area (Å²) in [5.74, 6) is -0.556. The first-order valence-electron chi connectivity index (χ1n) is 16.0. The Morgan fingerprint density at radius 1 is 0.333 bits per heavy atom. The summed E-state index contributed by atoms with van der Waals surface area (Å²) in [6.07, 6.45) is 6.65. The van der Waals surface area contributed by atoms with Crippen LogP contribution in [0.4, 0.5) is 0 Å². The maximum absolute atomic E-state index is 11.1. The predicted molar refractivity (Wildman–Crippen MR) is 149 cm³/mol. The van der Waals surface area contributed by atoms with E-state index in [1.807, 2.05) is 55.4 Å². The van der Waals surface area contributed by atoms with Crippen molar-refractivity contribution in [2.24, 2.45) is 23.7 Å². The zero-order valence-electron chi connectivity index (χ0n) is 28.2. The maximum Gasteiger partial charge on any atom is 4.00 e. The van der Waals surface area contributed by atoms with Crippen LogP contribution in [0, 0.1) is 23.7 Å². The van der Waals surface area contributed by atoms with Crippen molar-refractivity contribution in [1.29, 1.82) is 0 Å². The molecule has 10 heteroatoms. The van der Waals surface area contributed by atoms with Crippen molar-refractivity contribution in [2.75, 3.05) is 26.4 Å². The molecule has 0 N–H and O–H groups in total. The van der Waals surface area contributed by atoms with Crippen LogP contribution in [0.5, 0.6) is 0 Å². The Bertz CT molecular complexity index is 370. The molecular weight excluding hydrogens is 608 g/mol. The molecule has 0 rings (SSSR count). The minimum Gasteiger partial charge on any atom is -0.854 e. The van der Waals surface area contributed by atoms with Gasteiger partial charge in [0.25, 0.3) is 0 Å². The Labute approximate surface area is 289 Å². The van der Waals surface area contributed by atoms with Crippen LogP contribution < -0.4 is 40.9 Å². The monoisotopic (exact) mass is 672 g/mol. The molecule has 0 spiro atoms. The van der Waals surface area contributed by atoms with E-state index in [0.717, 1.165) is 51.4 Å². The van der Waals surface area contributed by atoms with Gasteiger partial charge in [-0.15, -0.1) is 50.8 Å². The van der Waals surface area contributed by atoms with Crippen LogP contribution in [-0.4, -0.2) is 50.8 Å². The van der Waals surface area contributed by atoms with Crippen molar-refractivity contribution in [3.05, 3.63) is 0 Å². The van der Waals surface area contributed by atoms with E-state index in [-0.39, 0.29) is 93.5 Å². The molecule has 8 nitrogen and oxygen atoms in total. The average molecular weight is 673 g/mol. The van der Waals surface area contributed by atoms with Crippen molar-refractivity contribution in [1.82, 2.24) is 0 Å². The van der Waals surface area contributed by atoms with Gasteiger partial charge < -0.3 is 40.9 Å². The molecule has 0 aromatic rings. The van der Waals surface area contributed by atoms with Gasteiger partial charge in [0, 0.05) is 0 Å².